The van der Waals surface area contributed by atoms with Crippen LogP contribution < -0.4 is 11.1 Å². The first-order valence-electron chi connectivity index (χ1n) is 6.16. The number of benzene rings is 1. The van der Waals surface area contributed by atoms with E-state index in [-0.39, 0.29) is 6.54 Å². The van der Waals surface area contributed by atoms with Crippen LogP contribution in [0.1, 0.15) is 29.3 Å². The Labute approximate surface area is 118 Å². The molecule has 0 aromatic heterocycles. The molecule has 0 fully saturated rings. The Morgan fingerprint density at radius 3 is 2.43 bits per heavy atom. The van der Waals surface area contributed by atoms with Crippen LogP contribution in [-0.4, -0.2) is 23.5 Å². The quantitative estimate of drug-likeness (QED) is 0.778. The van der Waals surface area contributed by atoms with Crippen molar-refractivity contribution < 1.29 is 27.9 Å². The number of nitrogens with one attached hydrogen (secondary N) is 1. The summed E-state index contributed by atoms with van der Waals surface area (Å²) in [6, 6.07) is 2.06. The number of alkyl halides is 3. The fourth-order valence-corrected chi connectivity index (χ4v) is 1.70. The molecule has 0 radical (unpaired) electrons. The summed E-state index contributed by atoms with van der Waals surface area (Å²) >= 11 is 0. The van der Waals surface area contributed by atoms with Crippen LogP contribution in [0.15, 0.2) is 18.2 Å². The number of carbonyl (C=O) groups excluding carboxylic acids is 1. The normalized spacial score (nSPS) is 12.8. The molecule has 8 heteroatoms. The number of anilines is 1. The molecule has 0 spiro atoms. The van der Waals surface area contributed by atoms with Crippen LogP contribution in [0, 0.1) is 5.92 Å². The molecule has 0 saturated heterocycles. The molecule has 1 unspecified atom stereocenters. The summed E-state index contributed by atoms with van der Waals surface area (Å²) in [5.74, 6) is -2.64. The summed E-state index contributed by atoms with van der Waals surface area (Å²) in [5, 5.41) is 11.2. The highest BCUT2D eigenvalue weighted by molar-refractivity contribution is 6.01. The van der Waals surface area contributed by atoms with E-state index in [1.807, 2.05) is 0 Å². The van der Waals surface area contributed by atoms with E-state index < -0.39 is 40.8 Å². The fraction of sp³-hybridized carbons (Fsp3) is 0.385. The van der Waals surface area contributed by atoms with Crippen LogP contribution in [0.25, 0.3) is 0 Å². The topological polar surface area (TPSA) is 92.4 Å². The number of carbonyl (C=O) groups is 2. The predicted molar refractivity (Wildman–Crippen MR) is 69.9 cm³/mol. The van der Waals surface area contributed by atoms with Gasteiger partial charge in [-0.2, -0.15) is 13.2 Å². The molecule has 5 nitrogen and oxygen atoms in total. The van der Waals surface area contributed by atoms with Crippen molar-refractivity contribution in [2.75, 3.05) is 11.9 Å². The molecule has 1 aromatic rings. The minimum atomic E-state index is -4.63. The molecule has 1 rings (SSSR count). The molecule has 4 N–H and O–H groups in total. The number of hydrogen-bond acceptors (Lipinski definition) is 3. The summed E-state index contributed by atoms with van der Waals surface area (Å²) in [6.45, 7) is 1.71. The first kappa shape index (κ1) is 17.0. The zero-order chi connectivity index (χ0) is 16.2. The number of carboxylic acid groups (broad SMARTS) is 1. The van der Waals surface area contributed by atoms with Crippen molar-refractivity contribution in [3.63, 3.8) is 0 Å². The highest BCUT2D eigenvalue weighted by Gasteiger charge is 2.32. The van der Waals surface area contributed by atoms with E-state index in [1.54, 1.807) is 6.92 Å². The van der Waals surface area contributed by atoms with E-state index in [9.17, 15) is 22.8 Å². The molecule has 1 aromatic carbocycles. The Morgan fingerprint density at radius 2 is 2.00 bits per heavy atom. The number of hydrogen-bond donors (Lipinski definition) is 3. The van der Waals surface area contributed by atoms with E-state index in [0.717, 1.165) is 6.07 Å². The molecule has 0 bridgehead atoms. The number of aromatic carboxylic acids is 1. The third-order valence-electron chi connectivity index (χ3n) is 2.98. The number of rotatable bonds is 5. The lowest BCUT2D eigenvalue weighted by Gasteiger charge is -2.16. The number of halogens is 3. The molecule has 1 amide bonds. The molecule has 0 aliphatic heterocycles. The maximum atomic E-state index is 12.6. The average molecular weight is 304 g/mol. The largest absolute Gasteiger partial charge is 0.478 e. The summed E-state index contributed by atoms with van der Waals surface area (Å²) < 4.78 is 37.9. The van der Waals surface area contributed by atoms with Crippen LogP contribution in [0.5, 0.6) is 0 Å². The molecule has 0 aliphatic rings. The van der Waals surface area contributed by atoms with Gasteiger partial charge in [0.1, 0.15) is 0 Å². The van der Waals surface area contributed by atoms with E-state index in [0.29, 0.717) is 18.6 Å². The van der Waals surface area contributed by atoms with Crippen molar-refractivity contribution in [1.82, 2.24) is 0 Å². The molecular weight excluding hydrogens is 289 g/mol. The average Bonchev–Trinajstić information content (AvgIpc) is 2.38. The van der Waals surface area contributed by atoms with Gasteiger partial charge in [-0.3, -0.25) is 4.79 Å². The summed E-state index contributed by atoms with van der Waals surface area (Å²) in [6.07, 6.45) is -4.24. The molecule has 0 heterocycles. The second kappa shape index (κ2) is 6.57. The van der Waals surface area contributed by atoms with Crippen LogP contribution in [-0.2, 0) is 11.0 Å². The minimum absolute atomic E-state index is 0.0176. The van der Waals surface area contributed by atoms with Gasteiger partial charge in [-0.05, 0) is 24.6 Å². The number of carboxylic acids is 1. The SMILES string of the molecule is CCC(CN)C(=O)Nc1cc(C(F)(F)F)ccc1C(=O)O. The predicted octanol–water partition coefficient (Wildman–Crippen LogP) is 2.33. The maximum Gasteiger partial charge on any atom is 0.416 e. The Hall–Kier alpha value is -2.09. The summed E-state index contributed by atoms with van der Waals surface area (Å²) in [7, 11) is 0. The Morgan fingerprint density at radius 1 is 1.38 bits per heavy atom. The van der Waals surface area contributed by atoms with Gasteiger partial charge in [-0.25, -0.2) is 4.79 Å². The van der Waals surface area contributed by atoms with Crippen LogP contribution in [0.3, 0.4) is 0 Å². The third kappa shape index (κ3) is 4.19. The second-order valence-electron chi connectivity index (χ2n) is 4.39. The zero-order valence-electron chi connectivity index (χ0n) is 11.2. The van der Waals surface area contributed by atoms with E-state index in [2.05, 4.69) is 5.32 Å². The first-order valence-corrected chi connectivity index (χ1v) is 6.16. The molecule has 116 valence electrons. The fourth-order valence-electron chi connectivity index (χ4n) is 1.70. The van der Waals surface area contributed by atoms with Gasteiger partial charge < -0.3 is 16.2 Å². The third-order valence-corrected chi connectivity index (χ3v) is 2.98. The van der Waals surface area contributed by atoms with Crippen molar-refractivity contribution >= 4 is 17.6 Å². The van der Waals surface area contributed by atoms with E-state index >= 15 is 0 Å². The van der Waals surface area contributed by atoms with Crippen molar-refractivity contribution in [1.29, 1.82) is 0 Å². The van der Waals surface area contributed by atoms with Crippen LogP contribution >= 0.6 is 0 Å². The minimum Gasteiger partial charge on any atom is -0.478 e. The van der Waals surface area contributed by atoms with Crippen LogP contribution in [0.4, 0.5) is 18.9 Å². The van der Waals surface area contributed by atoms with Crippen molar-refractivity contribution in [2.45, 2.75) is 19.5 Å². The summed E-state index contributed by atoms with van der Waals surface area (Å²) in [5.41, 5.74) is 3.53. The smallest absolute Gasteiger partial charge is 0.416 e. The maximum absolute atomic E-state index is 12.6. The van der Waals surface area contributed by atoms with E-state index in [4.69, 9.17) is 10.8 Å². The number of nitrogens with two attached hydrogens (primary N) is 1. The van der Waals surface area contributed by atoms with Crippen molar-refractivity contribution in [3.05, 3.63) is 29.3 Å². The highest BCUT2D eigenvalue weighted by Crippen LogP contribution is 2.32. The number of amides is 1. The van der Waals surface area contributed by atoms with Crippen LogP contribution in [0.2, 0.25) is 0 Å². The molecular formula is C13H15F3N2O3. The van der Waals surface area contributed by atoms with Gasteiger partial charge in [0, 0.05) is 6.54 Å². The van der Waals surface area contributed by atoms with Gasteiger partial charge in [0.15, 0.2) is 0 Å². The molecule has 1 atom stereocenters. The van der Waals surface area contributed by atoms with Gasteiger partial charge in [-0.1, -0.05) is 6.92 Å². The Balaban J connectivity index is 3.18. The van der Waals surface area contributed by atoms with Crippen molar-refractivity contribution in [3.8, 4) is 0 Å². The molecule has 0 aliphatic carbocycles. The summed E-state index contributed by atoms with van der Waals surface area (Å²) in [4.78, 5) is 22.9. The van der Waals surface area contributed by atoms with Gasteiger partial charge in [0.25, 0.3) is 0 Å². The Bertz CT molecular complexity index is 540. The molecule has 21 heavy (non-hydrogen) atoms. The Kier molecular flexibility index (Phi) is 5.31. The zero-order valence-corrected chi connectivity index (χ0v) is 11.2. The van der Waals surface area contributed by atoms with E-state index in [1.165, 1.54) is 0 Å². The standard InChI is InChI=1S/C13H15F3N2O3/c1-2-7(6-17)11(19)18-10-5-8(13(14,15)16)3-4-9(10)12(20)21/h3-5,7H,2,6,17H2,1H3,(H,18,19)(H,20,21). The van der Waals surface area contributed by atoms with Gasteiger partial charge in [0.05, 0.1) is 22.7 Å². The van der Waals surface area contributed by atoms with Crippen molar-refractivity contribution in [2.24, 2.45) is 11.7 Å². The monoisotopic (exact) mass is 304 g/mol. The molecule has 0 saturated carbocycles. The lowest BCUT2D eigenvalue weighted by molar-refractivity contribution is -0.137. The van der Waals surface area contributed by atoms with Gasteiger partial charge in [-0.15, -0.1) is 0 Å². The highest BCUT2D eigenvalue weighted by atomic mass is 19.4. The lowest BCUT2D eigenvalue weighted by Crippen LogP contribution is -2.29. The first-order chi connectivity index (χ1) is 9.70. The van der Waals surface area contributed by atoms with Gasteiger partial charge in [0.2, 0.25) is 5.91 Å². The second-order valence-corrected chi connectivity index (χ2v) is 4.39. The lowest BCUT2D eigenvalue weighted by atomic mass is 10.0. The van der Waals surface area contributed by atoms with Gasteiger partial charge >= 0.3 is 12.1 Å².